The van der Waals surface area contributed by atoms with E-state index < -0.39 is 0 Å². The minimum absolute atomic E-state index is 0.289. The molecule has 0 unspecified atom stereocenters. The molecule has 0 bridgehead atoms. The molecular formula is C17H34O. The van der Waals surface area contributed by atoms with Gasteiger partial charge in [-0.3, -0.25) is 0 Å². The molecule has 1 fully saturated rings. The molecule has 108 valence electrons. The minimum atomic E-state index is 0.289. The van der Waals surface area contributed by atoms with Crippen molar-refractivity contribution in [2.24, 2.45) is 17.3 Å². The van der Waals surface area contributed by atoms with Gasteiger partial charge in [-0.2, -0.15) is 0 Å². The third kappa shape index (κ3) is 5.30. The summed E-state index contributed by atoms with van der Waals surface area (Å²) in [6, 6.07) is 0. The van der Waals surface area contributed by atoms with Crippen molar-refractivity contribution in [3.8, 4) is 0 Å². The smallest absolute Gasteiger partial charge is 0.0487 e. The zero-order valence-electron chi connectivity index (χ0n) is 12.9. The summed E-state index contributed by atoms with van der Waals surface area (Å²) in [6.07, 6.45) is 13.3. The van der Waals surface area contributed by atoms with E-state index in [1.807, 2.05) is 0 Å². The van der Waals surface area contributed by atoms with Gasteiger partial charge in [0.25, 0.3) is 0 Å². The molecule has 0 amide bonds. The van der Waals surface area contributed by atoms with Crippen molar-refractivity contribution in [1.82, 2.24) is 0 Å². The monoisotopic (exact) mass is 254 g/mol. The average Bonchev–Trinajstić information content (AvgIpc) is 2.37. The third-order valence-corrected chi connectivity index (χ3v) is 4.96. The molecule has 1 N–H and O–H groups in total. The highest BCUT2D eigenvalue weighted by atomic mass is 16.3. The first-order valence-electron chi connectivity index (χ1n) is 8.23. The second-order valence-corrected chi connectivity index (χ2v) is 7.03. The van der Waals surface area contributed by atoms with Crippen LogP contribution in [-0.4, -0.2) is 11.7 Å². The summed E-state index contributed by atoms with van der Waals surface area (Å²) >= 11 is 0. The van der Waals surface area contributed by atoms with E-state index in [0.717, 1.165) is 11.8 Å². The first kappa shape index (κ1) is 16.0. The highest BCUT2D eigenvalue weighted by molar-refractivity contribution is 4.85. The van der Waals surface area contributed by atoms with Crippen molar-refractivity contribution in [2.45, 2.75) is 85.0 Å². The van der Waals surface area contributed by atoms with E-state index in [9.17, 15) is 5.11 Å². The van der Waals surface area contributed by atoms with E-state index >= 15 is 0 Å². The molecule has 0 saturated heterocycles. The molecule has 0 aromatic heterocycles. The van der Waals surface area contributed by atoms with Crippen molar-refractivity contribution >= 4 is 0 Å². The zero-order valence-corrected chi connectivity index (χ0v) is 12.9. The van der Waals surface area contributed by atoms with E-state index in [-0.39, 0.29) is 5.41 Å². The lowest BCUT2D eigenvalue weighted by molar-refractivity contribution is 0.0509. The maximum Gasteiger partial charge on any atom is 0.0487 e. The van der Waals surface area contributed by atoms with Gasteiger partial charge in [0.05, 0.1) is 0 Å². The summed E-state index contributed by atoms with van der Waals surface area (Å²) < 4.78 is 0. The average molecular weight is 254 g/mol. The number of unbranched alkanes of at least 4 members (excludes halogenated alkanes) is 1. The Morgan fingerprint density at radius 1 is 1.17 bits per heavy atom. The zero-order chi connectivity index (χ0) is 13.4. The van der Waals surface area contributed by atoms with Gasteiger partial charge in [-0.1, -0.05) is 52.9 Å². The van der Waals surface area contributed by atoms with Crippen LogP contribution in [0.25, 0.3) is 0 Å². The first-order valence-corrected chi connectivity index (χ1v) is 8.23. The molecule has 0 heterocycles. The number of hydrogen-bond acceptors (Lipinski definition) is 1. The van der Waals surface area contributed by atoms with Crippen LogP contribution in [0.2, 0.25) is 0 Å². The summed E-state index contributed by atoms with van der Waals surface area (Å²) in [4.78, 5) is 0. The van der Waals surface area contributed by atoms with E-state index in [1.54, 1.807) is 0 Å². The molecule has 1 aliphatic rings. The van der Waals surface area contributed by atoms with Crippen molar-refractivity contribution in [1.29, 1.82) is 0 Å². The van der Waals surface area contributed by atoms with Gasteiger partial charge in [-0.05, 0) is 49.4 Å². The van der Waals surface area contributed by atoms with Crippen molar-refractivity contribution in [2.75, 3.05) is 6.61 Å². The summed E-state index contributed by atoms with van der Waals surface area (Å²) in [5, 5.41) is 9.77. The van der Waals surface area contributed by atoms with Crippen LogP contribution < -0.4 is 0 Å². The number of aliphatic hydroxyl groups is 1. The topological polar surface area (TPSA) is 20.2 Å². The highest BCUT2D eigenvalue weighted by Gasteiger charge is 2.33. The Balaban J connectivity index is 2.30. The maximum atomic E-state index is 9.77. The predicted molar refractivity (Wildman–Crippen MR) is 79.7 cm³/mol. The molecule has 1 rings (SSSR count). The van der Waals surface area contributed by atoms with E-state index in [1.165, 1.54) is 64.2 Å². The number of hydrogen-bond donors (Lipinski definition) is 1. The van der Waals surface area contributed by atoms with Gasteiger partial charge >= 0.3 is 0 Å². The fraction of sp³-hybridized carbons (Fsp3) is 1.00. The SMILES string of the molecule is CCCCC1CCC(CO)(CCCC(C)C)CC1. The Bertz CT molecular complexity index is 202. The van der Waals surface area contributed by atoms with Crippen LogP contribution >= 0.6 is 0 Å². The lowest BCUT2D eigenvalue weighted by Gasteiger charge is -2.39. The van der Waals surface area contributed by atoms with Gasteiger partial charge in [-0.25, -0.2) is 0 Å². The largest absolute Gasteiger partial charge is 0.396 e. The van der Waals surface area contributed by atoms with Crippen molar-refractivity contribution in [3.63, 3.8) is 0 Å². The van der Waals surface area contributed by atoms with Crippen LogP contribution in [0.5, 0.6) is 0 Å². The molecule has 0 aromatic rings. The fourth-order valence-corrected chi connectivity index (χ4v) is 3.44. The number of rotatable bonds is 8. The Morgan fingerprint density at radius 3 is 2.33 bits per heavy atom. The maximum absolute atomic E-state index is 9.77. The molecule has 18 heavy (non-hydrogen) atoms. The summed E-state index contributed by atoms with van der Waals surface area (Å²) in [5.74, 6) is 1.76. The summed E-state index contributed by atoms with van der Waals surface area (Å²) in [5.41, 5.74) is 0.289. The van der Waals surface area contributed by atoms with Gasteiger partial charge in [0, 0.05) is 6.61 Å². The molecule has 1 saturated carbocycles. The molecule has 0 spiro atoms. The second kappa shape index (κ2) is 8.19. The van der Waals surface area contributed by atoms with E-state index in [2.05, 4.69) is 20.8 Å². The third-order valence-electron chi connectivity index (χ3n) is 4.96. The van der Waals surface area contributed by atoms with Gasteiger partial charge in [0.1, 0.15) is 0 Å². The van der Waals surface area contributed by atoms with Crippen LogP contribution in [0.15, 0.2) is 0 Å². The van der Waals surface area contributed by atoms with Crippen LogP contribution in [-0.2, 0) is 0 Å². The van der Waals surface area contributed by atoms with Crippen LogP contribution in [0, 0.1) is 17.3 Å². The van der Waals surface area contributed by atoms with Crippen molar-refractivity contribution < 1.29 is 5.11 Å². The van der Waals surface area contributed by atoms with Crippen molar-refractivity contribution in [3.05, 3.63) is 0 Å². The van der Waals surface area contributed by atoms with Crippen LogP contribution in [0.1, 0.15) is 85.0 Å². The first-order chi connectivity index (χ1) is 8.62. The standard InChI is InChI=1S/C17H34O/c1-4-5-8-16-9-12-17(14-18,13-10-16)11-6-7-15(2)3/h15-16,18H,4-14H2,1-3H3. The van der Waals surface area contributed by atoms with Gasteiger partial charge in [0.15, 0.2) is 0 Å². The molecule has 1 heteroatoms. The van der Waals surface area contributed by atoms with Crippen LogP contribution in [0.4, 0.5) is 0 Å². The molecule has 0 aromatic carbocycles. The molecule has 0 atom stereocenters. The highest BCUT2D eigenvalue weighted by Crippen LogP contribution is 2.43. The quantitative estimate of drug-likeness (QED) is 0.633. The Morgan fingerprint density at radius 2 is 1.83 bits per heavy atom. The lowest BCUT2D eigenvalue weighted by atomic mass is 9.67. The van der Waals surface area contributed by atoms with Crippen LogP contribution in [0.3, 0.4) is 0 Å². The van der Waals surface area contributed by atoms with Gasteiger partial charge in [0.2, 0.25) is 0 Å². The molecule has 0 aliphatic heterocycles. The summed E-state index contributed by atoms with van der Waals surface area (Å²) in [7, 11) is 0. The normalized spacial score (nSPS) is 28.8. The fourth-order valence-electron chi connectivity index (χ4n) is 3.44. The Kier molecular flexibility index (Phi) is 7.29. The second-order valence-electron chi connectivity index (χ2n) is 7.03. The Hall–Kier alpha value is -0.0400. The predicted octanol–water partition coefficient (Wildman–Crippen LogP) is 5.17. The minimum Gasteiger partial charge on any atom is -0.396 e. The Labute approximate surface area is 114 Å². The molecule has 0 radical (unpaired) electrons. The molecule has 1 aliphatic carbocycles. The van der Waals surface area contributed by atoms with Gasteiger partial charge in [-0.15, -0.1) is 0 Å². The molecule has 1 nitrogen and oxygen atoms in total. The molecular weight excluding hydrogens is 220 g/mol. The van der Waals surface area contributed by atoms with E-state index in [0.29, 0.717) is 6.61 Å². The summed E-state index contributed by atoms with van der Waals surface area (Å²) in [6.45, 7) is 7.30. The van der Waals surface area contributed by atoms with E-state index in [4.69, 9.17) is 0 Å². The number of aliphatic hydroxyl groups excluding tert-OH is 1. The van der Waals surface area contributed by atoms with Gasteiger partial charge < -0.3 is 5.11 Å². The lowest BCUT2D eigenvalue weighted by Crippen LogP contribution is -2.31.